The highest BCUT2D eigenvalue weighted by Crippen LogP contribution is 2.39. The van der Waals surface area contributed by atoms with Gasteiger partial charge in [-0.1, -0.05) is 64.7 Å². The average Bonchev–Trinajstić information content (AvgIpc) is 3.38. The van der Waals surface area contributed by atoms with Crippen molar-refractivity contribution in [2.75, 3.05) is 45.0 Å². The standard InChI is InChI=1S/C33H48N4O5/c1-3-4-5-6-7-8-9-10-11-12-22-41-23-13-20-37(26-39)33-32(36-35-27-14-16-28(40-2)17-15-27)30-25-29(42-24-21-38)18-19-31(30)34-33/h14-19,25-26,34,38H,3-13,20-24H2,1-2H3. The zero-order valence-electron chi connectivity index (χ0n) is 25.4. The van der Waals surface area contributed by atoms with Gasteiger partial charge in [0.25, 0.3) is 0 Å². The first-order valence-corrected chi connectivity index (χ1v) is 15.4. The number of H-pyrrole nitrogens is 1. The van der Waals surface area contributed by atoms with Gasteiger partial charge in [0.2, 0.25) is 6.41 Å². The number of nitrogens with one attached hydrogen (secondary N) is 1. The molecule has 0 aliphatic heterocycles. The number of amides is 1. The van der Waals surface area contributed by atoms with Crippen molar-refractivity contribution in [3.63, 3.8) is 0 Å². The summed E-state index contributed by atoms with van der Waals surface area (Å²) < 4.78 is 16.7. The number of ether oxygens (including phenoxy) is 3. The summed E-state index contributed by atoms with van der Waals surface area (Å²) in [7, 11) is 1.61. The SMILES string of the molecule is CCCCCCCCCCCCOCCCN(C=O)c1[nH]c2ccc(OCCO)cc2c1N=Nc1ccc(OC)cc1. The Hall–Kier alpha value is -3.43. The van der Waals surface area contributed by atoms with Crippen LogP contribution in [0.15, 0.2) is 52.7 Å². The highest BCUT2D eigenvalue weighted by molar-refractivity contribution is 6.01. The maximum Gasteiger partial charge on any atom is 0.215 e. The number of nitrogens with zero attached hydrogens (tertiary/aromatic N) is 3. The monoisotopic (exact) mass is 580 g/mol. The molecule has 0 bridgehead atoms. The Bertz CT molecular complexity index is 1200. The summed E-state index contributed by atoms with van der Waals surface area (Å²) in [6, 6.07) is 12.8. The van der Waals surface area contributed by atoms with Crippen molar-refractivity contribution in [1.82, 2.24) is 4.98 Å². The third kappa shape index (κ3) is 11.1. The number of hydrogen-bond acceptors (Lipinski definition) is 7. The topological polar surface area (TPSA) is 109 Å². The molecule has 0 atom stereocenters. The van der Waals surface area contributed by atoms with E-state index in [1.54, 1.807) is 12.0 Å². The Balaban J connectivity index is 1.54. The number of anilines is 1. The predicted molar refractivity (Wildman–Crippen MR) is 169 cm³/mol. The second-order valence-corrected chi connectivity index (χ2v) is 10.4. The molecule has 2 aromatic carbocycles. The maximum absolute atomic E-state index is 12.2. The molecule has 2 N–H and O–H groups in total. The number of azo groups is 1. The highest BCUT2D eigenvalue weighted by atomic mass is 16.5. The molecule has 9 nitrogen and oxygen atoms in total. The quantitative estimate of drug-likeness (QED) is 0.0667. The second-order valence-electron chi connectivity index (χ2n) is 10.4. The zero-order chi connectivity index (χ0) is 29.8. The molecule has 42 heavy (non-hydrogen) atoms. The fourth-order valence-electron chi connectivity index (χ4n) is 4.81. The molecule has 230 valence electrons. The highest BCUT2D eigenvalue weighted by Gasteiger charge is 2.18. The molecule has 0 saturated carbocycles. The lowest BCUT2D eigenvalue weighted by Gasteiger charge is -2.16. The Morgan fingerprint density at radius 2 is 1.50 bits per heavy atom. The first-order chi connectivity index (χ1) is 20.7. The van der Waals surface area contributed by atoms with Crippen molar-refractivity contribution >= 4 is 34.5 Å². The average molecular weight is 581 g/mol. The number of aromatic nitrogens is 1. The van der Waals surface area contributed by atoms with Gasteiger partial charge < -0.3 is 24.3 Å². The molecule has 0 saturated heterocycles. The van der Waals surface area contributed by atoms with Gasteiger partial charge in [-0.05, 0) is 55.3 Å². The summed E-state index contributed by atoms with van der Waals surface area (Å²) in [5, 5.41) is 18.9. The molecule has 0 fully saturated rings. The number of unbranched alkanes of at least 4 members (excludes halogenated alkanes) is 9. The van der Waals surface area contributed by atoms with Gasteiger partial charge in [0.05, 0.1) is 19.4 Å². The van der Waals surface area contributed by atoms with E-state index < -0.39 is 0 Å². The van der Waals surface area contributed by atoms with Crippen molar-refractivity contribution in [3.05, 3.63) is 42.5 Å². The van der Waals surface area contributed by atoms with Gasteiger partial charge in [-0.2, -0.15) is 5.11 Å². The molecule has 0 unspecified atom stereocenters. The van der Waals surface area contributed by atoms with Crippen LogP contribution >= 0.6 is 0 Å². The molecule has 0 spiro atoms. The third-order valence-corrected chi connectivity index (χ3v) is 7.17. The summed E-state index contributed by atoms with van der Waals surface area (Å²) in [6.07, 6.45) is 14.5. The number of aliphatic hydroxyl groups is 1. The van der Waals surface area contributed by atoms with Gasteiger partial charge in [0.1, 0.15) is 29.6 Å². The van der Waals surface area contributed by atoms with E-state index in [2.05, 4.69) is 22.1 Å². The molecule has 1 heterocycles. The summed E-state index contributed by atoms with van der Waals surface area (Å²) in [4.78, 5) is 17.1. The third-order valence-electron chi connectivity index (χ3n) is 7.17. The van der Waals surface area contributed by atoms with E-state index >= 15 is 0 Å². The molecule has 1 amide bonds. The largest absolute Gasteiger partial charge is 0.497 e. The fraction of sp³-hybridized carbons (Fsp3) is 0.545. The van der Waals surface area contributed by atoms with Gasteiger partial charge in [-0.3, -0.25) is 9.69 Å². The van der Waals surface area contributed by atoms with Crippen LogP contribution in [0.25, 0.3) is 10.9 Å². The van der Waals surface area contributed by atoms with E-state index in [0.29, 0.717) is 42.5 Å². The van der Waals surface area contributed by atoms with E-state index in [9.17, 15) is 4.79 Å². The second kappa shape index (κ2) is 19.6. The van der Waals surface area contributed by atoms with Crippen molar-refractivity contribution < 1.29 is 24.1 Å². The summed E-state index contributed by atoms with van der Waals surface area (Å²) in [5.74, 6) is 1.89. The predicted octanol–water partition coefficient (Wildman–Crippen LogP) is 8.25. The van der Waals surface area contributed by atoms with Gasteiger partial charge >= 0.3 is 0 Å². The minimum absolute atomic E-state index is 0.0827. The van der Waals surface area contributed by atoms with Gasteiger partial charge in [-0.15, -0.1) is 5.11 Å². The molecule has 9 heteroatoms. The Morgan fingerprint density at radius 3 is 2.17 bits per heavy atom. The van der Waals surface area contributed by atoms with Crippen LogP contribution in [-0.2, 0) is 9.53 Å². The maximum atomic E-state index is 12.2. The lowest BCUT2D eigenvalue weighted by atomic mass is 10.1. The van der Waals surface area contributed by atoms with Crippen LogP contribution in [0.5, 0.6) is 11.5 Å². The Kier molecular flexibility index (Phi) is 15.5. The molecule has 0 aliphatic rings. The van der Waals surface area contributed by atoms with Crippen LogP contribution in [-0.4, -0.2) is 56.6 Å². The lowest BCUT2D eigenvalue weighted by Crippen LogP contribution is -2.24. The zero-order valence-corrected chi connectivity index (χ0v) is 25.4. The summed E-state index contributed by atoms with van der Waals surface area (Å²) >= 11 is 0. The van der Waals surface area contributed by atoms with Crippen LogP contribution in [0.4, 0.5) is 17.2 Å². The lowest BCUT2D eigenvalue weighted by molar-refractivity contribution is -0.107. The normalized spacial score (nSPS) is 11.4. The van der Waals surface area contributed by atoms with Gasteiger partial charge in [0.15, 0.2) is 0 Å². The minimum Gasteiger partial charge on any atom is -0.497 e. The summed E-state index contributed by atoms with van der Waals surface area (Å²) in [6.45, 7) is 4.18. The molecular weight excluding hydrogens is 532 g/mol. The van der Waals surface area contributed by atoms with Crippen LogP contribution < -0.4 is 14.4 Å². The minimum atomic E-state index is -0.0827. The smallest absolute Gasteiger partial charge is 0.215 e. The first kappa shape index (κ1) is 33.1. The summed E-state index contributed by atoms with van der Waals surface area (Å²) in [5.41, 5.74) is 1.99. The number of carbonyl (C=O) groups excluding carboxylic acids is 1. The van der Waals surface area contributed by atoms with Crippen LogP contribution in [0.2, 0.25) is 0 Å². The Morgan fingerprint density at radius 1 is 0.833 bits per heavy atom. The molecule has 3 aromatic rings. The molecule has 0 aliphatic carbocycles. The van der Waals surface area contributed by atoms with E-state index in [4.69, 9.17) is 19.3 Å². The number of benzene rings is 2. The first-order valence-electron chi connectivity index (χ1n) is 15.4. The molecule has 1 aromatic heterocycles. The van der Waals surface area contributed by atoms with Crippen LogP contribution in [0.3, 0.4) is 0 Å². The number of aromatic amines is 1. The van der Waals surface area contributed by atoms with Crippen molar-refractivity contribution in [2.24, 2.45) is 10.2 Å². The van der Waals surface area contributed by atoms with Gasteiger partial charge in [-0.25, -0.2) is 0 Å². The number of hydrogen-bond donors (Lipinski definition) is 2. The van der Waals surface area contributed by atoms with Crippen molar-refractivity contribution in [1.29, 1.82) is 0 Å². The molecule has 3 rings (SSSR count). The number of carbonyl (C=O) groups is 1. The fourth-order valence-corrected chi connectivity index (χ4v) is 4.81. The van der Waals surface area contributed by atoms with Gasteiger partial charge in [0, 0.05) is 30.7 Å². The number of methoxy groups -OCH3 is 1. The number of aliphatic hydroxyl groups excluding tert-OH is 1. The van der Waals surface area contributed by atoms with Crippen LogP contribution in [0.1, 0.15) is 77.6 Å². The van der Waals surface area contributed by atoms with Crippen molar-refractivity contribution in [3.8, 4) is 11.5 Å². The number of fused-ring (bicyclic) bond motifs is 1. The van der Waals surface area contributed by atoms with E-state index in [1.807, 2.05) is 42.5 Å². The van der Waals surface area contributed by atoms with Crippen LogP contribution in [0, 0.1) is 0 Å². The molecular formula is C33H48N4O5. The Labute approximate surface area is 250 Å². The number of rotatable bonds is 23. The van der Waals surface area contributed by atoms with E-state index in [-0.39, 0.29) is 13.2 Å². The van der Waals surface area contributed by atoms with E-state index in [0.717, 1.165) is 36.1 Å². The van der Waals surface area contributed by atoms with E-state index in [1.165, 1.54) is 57.8 Å². The molecule has 0 radical (unpaired) electrons. The van der Waals surface area contributed by atoms with Crippen molar-refractivity contribution in [2.45, 2.75) is 77.6 Å².